The molecule has 2 aromatic carbocycles. The number of hydrogen-bond donors (Lipinski definition) is 1. The first-order valence-corrected chi connectivity index (χ1v) is 6.21. The highest BCUT2D eigenvalue weighted by Gasteiger charge is 2.10. The molecule has 2 aromatic rings. The highest BCUT2D eigenvalue weighted by molar-refractivity contribution is 5.30. The van der Waals surface area contributed by atoms with Crippen LogP contribution in [0.1, 0.15) is 30.6 Å². The summed E-state index contributed by atoms with van der Waals surface area (Å²) in [6.45, 7) is 4.15. The summed E-state index contributed by atoms with van der Waals surface area (Å²) >= 11 is 0. The predicted molar refractivity (Wildman–Crippen MR) is 72.9 cm³/mol. The van der Waals surface area contributed by atoms with Crippen molar-refractivity contribution in [3.8, 4) is 11.5 Å². The summed E-state index contributed by atoms with van der Waals surface area (Å²) in [6, 6.07) is 15.2. The van der Waals surface area contributed by atoms with Gasteiger partial charge in [0.25, 0.3) is 0 Å². The lowest BCUT2D eigenvalue weighted by atomic mass is 10.1. The fraction of sp³-hybridized carbons (Fsp3) is 0.250. The van der Waals surface area contributed by atoms with Crippen molar-refractivity contribution in [1.29, 1.82) is 0 Å². The molecule has 0 saturated heterocycles. The number of hydrogen-bond acceptors (Lipinski definition) is 2. The van der Waals surface area contributed by atoms with Gasteiger partial charge in [-0.1, -0.05) is 36.8 Å². The van der Waals surface area contributed by atoms with Gasteiger partial charge in [0, 0.05) is 0 Å². The van der Waals surface area contributed by atoms with Crippen LogP contribution in [0.4, 0.5) is 0 Å². The Morgan fingerprint density at radius 1 is 1.00 bits per heavy atom. The molecule has 0 heterocycles. The summed E-state index contributed by atoms with van der Waals surface area (Å²) < 4.78 is 5.96. The first-order valence-electron chi connectivity index (χ1n) is 6.21. The van der Waals surface area contributed by atoms with Gasteiger partial charge in [0.1, 0.15) is 17.6 Å². The monoisotopic (exact) mass is 242 g/mol. The van der Waals surface area contributed by atoms with Crippen molar-refractivity contribution in [2.45, 2.75) is 26.4 Å². The number of aryl methyl sites for hydroxylation is 1. The molecule has 2 rings (SSSR count). The summed E-state index contributed by atoms with van der Waals surface area (Å²) in [5.74, 6) is 1.16. The minimum atomic E-state index is 0.0216. The topological polar surface area (TPSA) is 29.5 Å². The van der Waals surface area contributed by atoms with Crippen molar-refractivity contribution in [3.05, 3.63) is 59.7 Å². The molecule has 0 saturated carbocycles. The smallest absolute Gasteiger partial charge is 0.123 e. The first kappa shape index (κ1) is 12.5. The van der Waals surface area contributed by atoms with Gasteiger partial charge >= 0.3 is 0 Å². The molecule has 1 N–H and O–H groups in total. The lowest BCUT2D eigenvalue weighted by molar-refractivity contribution is 0.201. The first-order chi connectivity index (χ1) is 8.69. The van der Waals surface area contributed by atoms with Gasteiger partial charge in [-0.25, -0.2) is 0 Å². The lowest BCUT2D eigenvalue weighted by Gasteiger charge is -2.18. The van der Waals surface area contributed by atoms with Crippen molar-refractivity contribution >= 4 is 0 Å². The van der Waals surface area contributed by atoms with Crippen molar-refractivity contribution in [2.75, 3.05) is 0 Å². The van der Waals surface area contributed by atoms with E-state index >= 15 is 0 Å². The fourth-order valence-electron chi connectivity index (χ4n) is 1.86. The molecule has 2 heteroatoms. The predicted octanol–water partition coefficient (Wildman–Crippen LogP) is 4.23. The molecular formula is C16H18O2. The molecule has 0 aliphatic carbocycles. The molecule has 18 heavy (non-hydrogen) atoms. The van der Waals surface area contributed by atoms with E-state index in [1.54, 1.807) is 12.1 Å². The zero-order valence-corrected chi connectivity index (χ0v) is 10.8. The third-order valence-electron chi connectivity index (χ3n) is 2.93. The van der Waals surface area contributed by atoms with E-state index in [4.69, 9.17) is 4.74 Å². The van der Waals surface area contributed by atoms with Crippen LogP contribution in [0.2, 0.25) is 0 Å². The Morgan fingerprint density at radius 2 is 1.61 bits per heavy atom. The molecule has 94 valence electrons. The highest BCUT2D eigenvalue weighted by Crippen LogP contribution is 2.26. The second-order valence-electron chi connectivity index (χ2n) is 4.42. The van der Waals surface area contributed by atoms with Crippen molar-refractivity contribution in [2.24, 2.45) is 0 Å². The van der Waals surface area contributed by atoms with Crippen LogP contribution in [0.3, 0.4) is 0 Å². The van der Waals surface area contributed by atoms with Crippen molar-refractivity contribution in [1.82, 2.24) is 0 Å². The Morgan fingerprint density at radius 3 is 2.17 bits per heavy atom. The van der Waals surface area contributed by atoms with Gasteiger partial charge in [-0.2, -0.15) is 0 Å². The van der Waals surface area contributed by atoms with E-state index in [0.29, 0.717) is 0 Å². The average molecular weight is 242 g/mol. The summed E-state index contributed by atoms with van der Waals surface area (Å²) in [5, 5.41) is 9.29. The van der Waals surface area contributed by atoms with Crippen LogP contribution in [0, 0.1) is 6.92 Å². The third-order valence-corrected chi connectivity index (χ3v) is 2.93. The van der Waals surface area contributed by atoms with Gasteiger partial charge in [0.2, 0.25) is 0 Å². The Kier molecular flexibility index (Phi) is 3.88. The molecule has 2 nitrogen and oxygen atoms in total. The molecule has 0 unspecified atom stereocenters. The maximum Gasteiger partial charge on any atom is 0.123 e. The Labute approximate surface area is 108 Å². The molecule has 0 radical (unpaired) electrons. The van der Waals surface area contributed by atoms with Crippen LogP contribution >= 0.6 is 0 Å². The van der Waals surface area contributed by atoms with E-state index < -0.39 is 0 Å². The van der Waals surface area contributed by atoms with Gasteiger partial charge in [-0.15, -0.1) is 0 Å². The number of phenolic OH excluding ortho intramolecular Hbond substituents is 1. The van der Waals surface area contributed by atoms with Gasteiger partial charge in [-0.05, 0) is 43.2 Å². The van der Waals surface area contributed by atoms with Crippen LogP contribution in [-0.2, 0) is 0 Å². The molecule has 0 aromatic heterocycles. The van der Waals surface area contributed by atoms with E-state index in [1.165, 1.54) is 5.56 Å². The number of aromatic hydroxyl groups is 1. The fourth-order valence-corrected chi connectivity index (χ4v) is 1.86. The summed E-state index contributed by atoms with van der Waals surface area (Å²) in [6.07, 6.45) is 0.909. The van der Waals surface area contributed by atoms with Gasteiger partial charge in [0.15, 0.2) is 0 Å². The van der Waals surface area contributed by atoms with E-state index in [2.05, 4.69) is 13.8 Å². The molecule has 0 aliphatic heterocycles. The summed E-state index contributed by atoms with van der Waals surface area (Å²) in [7, 11) is 0. The molecule has 0 bridgehead atoms. The molecule has 0 fully saturated rings. The maximum absolute atomic E-state index is 9.29. The van der Waals surface area contributed by atoms with Crippen LogP contribution in [0.15, 0.2) is 48.5 Å². The second kappa shape index (κ2) is 5.58. The highest BCUT2D eigenvalue weighted by atomic mass is 16.5. The van der Waals surface area contributed by atoms with E-state index in [1.807, 2.05) is 36.4 Å². The lowest BCUT2D eigenvalue weighted by Crippen LogP contribution is -2.06. The van der Waals surface area contributed by atoms with E-state index in [9.17, 15) is 5.11 Å². The minimum absolute atomic E-state index is 0.0216. The maximum atomic E-state index is 9.29. The van der Waals surface area contributed by atoms with E-state index in [-0.39, 0.29) is 11.9 Å². The number of phenols is 1. The molecule has 1 atom stereocenters. The quantitative estimate of drug-likeness (QED) is 0.869. The zero-order chi connectivity index (χ0) is 13.0. The second-order valence-corrected chi connectivity index (χ2v) is 4.42. The summed E-state index contributed by atoms with van der Waals surface area (Å²) in [5.41, 5.74) is 2.30. The van der Waals surface area contributed by atoms with Gasteiger partial charge in [-0.3, -0.25) is 0 Å². The van der Waals surface area contributed by atoms with Crippen LogP contribution in [0.5, 0.6) is 11.5 Å². The van der Waals surface area contributed by atoms with Crippen molar-refractivity contribution in [3.63, 3.8) is 0 Å². The Balaban J connectivity index is 2.14. The molecule has 0 amide bonds. The standard InChI is InChI=1S/C16H18O2/c1-3-16(13-6-8-14(17)9-7-13)18-15-10-4-12(2)5-11-15/h4-11,16-17H,3H2,1-2H3/t16-/m0/s1. The normalized spacial score (nSPS) is 12.1. The van der Waals surface area contributed by atoms with Gasteiger partial charge in [0.05, 0.1) is 0 Å². The average Bonchev–Trinajstić information content (AvgIpc) is 2.39. The minimum Gasteiger partial charge on any atom is -0.508 e. The number of ether oxygens (including phenoxy) is 1. The third kappa shape index (κ3) is 3.04. The number of benzene rings is 2. The van der Waals surface area contributed by atoms with Gasteiger partial charge < -0.3 is 9.84 Å². The Bertz CT molecular complexity index is 486. The molecule has 0 spiro atoms. The van der Waals surface area contributed by atoms with Crippen LogP contribution in [0.25, 0.3) is 0 Å². The van der Waals surface area contributed by atoms with Crippen LogP contribution in [-0.4, -0.2) is 5.11 Å². The van der Waals surface area contributed by atoms with Crippen LogP contribution < -0.4 is 4.74 Å². The Hall–Kier alpha value is -1.96. The molecule has 0 aliphatic rings. The largest absolute Gasteiger partial charge is 0.508 e. The molecular weight excluding hydrogens is 224 g/mol. The summed E-state index contributed by atoms with van der Waals surface area (Å²) in [4.78, 5) is 0. The SMILES string of the molecule is CC[C@H](Oc1ccc(C)cc1)c1ccc(O)cc1. The van der Waals surface area contributed by atoms with E-state index in [0.717, 1.165) is 17.7 Å². The number of rotatable bonds is 4. The zero-order valence-electron chi connectivity index (χ0n) is 10.8. The van der Waals surface area contributed by atoms with Crippen molar-refractivity contribution < 1.29 is 9.84 Å².